The Balaban J connectivity index is 1.51. The van der Waals surface area contributed by atoms with Gasteiger partial charge in [-0.2, -0.15) is 0 Å². The summed E-state index contributed by atoms with van der Waals surface area (Å²) in [5.74, 6) is -7.47. The third kappa shape index (κ3) is 15.3. The third-order valence-corrected chi connectivity index (χ3v) is 9.69. The first-order valence-corrected chi connectivity index (χ1v) is 19.3. The van der Waals surface area contributed by atoms with Crippen molar-refractivity contribution in [1.82, 2.24) is 51.7 Å². The maximum Gasteiger partial charge on any atom is 0.326 e. The monoisotopic (exact) mass is 833 g/mol. The number of nitrogens with one attached hydrogen (secondary N) is 7. The van der Waals surface area contributed by atoms with Crippen molar-refractivity contribution in [2.45, 2.75) is 94.4 Å². The highest BCUT2D eigenvalue weighted by molar-refractivity contribution is 5.96. The summed E-state index contributed by atoms with van der Waals surface area (Å²) < 4.78 is 0. The van der Waals surface area contributed by atoms with Crippen LogP contribution in [0.4, 0.5) is 0 Å². The van der Waals surface area contributed by atoms with Gasteiger partial charge in [-0.3, -0.25) is 43.2 Å². The van der Waals surface area contributed by atoms with Crippen molar-refractivity contribution < 1.29 is 53.1 Å². The van der Waals surface area contributed by atoms with Crippen LogP contribution in [0.2, 0.25) is 0 Å². The van der Waals surface area contributed by atoms with E-state index in [0.29, 0.717) is 44.3 Å². The molecule has 14 N–H and O–H groups in total. The molecule has 5 atom stereocenters. The summed E-state index contributed by atoms with van der Waals surface area (Å²) in [6.07, 6.45) is 5.00. The minimum Gasteiger partial charge on any atom is -0.480 e. The number of aliphatic carboxylic acids is 1. The lowest BCUT2D eigenvalue weighted by Crippen LogP contribution is -2.56. The molecular weight excluding hydrogens is 778 g/mol. The zero-order chi connectivity index (χ0) is 43.5. The van der Waals surface area contributed by atoms with Crippen molar-refractivity contribution in [1.29, 1.82) is 0 Å². The summed E-state index contributed by atoms with van der Waals surface area (Å²) in [4.78, 5) is 136. The molecule has 9 amide bonds. The molecule has 0 spiro atoms. The highest BCUT2D eigenvalue weighted by Crippen LogP contribution is 2.20. The normalized spacial score (nSPS) is 17.5. The van der Waals surface area contributed by atoms with Gasteiger partial charge in [-0.15, -0.1) is 0 Å². The van der Waals surface area contributed by atoms with E-state index in [0.717, 1.165) is 0 Å². The quantitative estimate of drug-likeness (QED) is 0.0433. The number of carboxylic acids is 1. The first-order valence-electron chi connectivity index (χ1n) is 19.3. The molecule has 24 nitrogen and oxygen atoms in total. The minimum absolute atomic E-state index is 0.0748. The van der Waals surface area contributed by atoms with Gasteiger partial charge in [0.15, 0.2) is 0 Å². The zero-order valence-corrected chi connectivity index (χ0v) is 32.7. The molecule has 326 valence electrons. The summed E-state index contributed by atoms with van der Waals surface area (Å²) in [6, 6.07) is -5.55. The Morgan fingerprint density at radius 1 is 0.763 bits per heavy atom. The van der Waals surface area contributed by atoms with E-state index < -0.39 is 109 Å². The van der Waals surface area contributed by atoms with Crippen molar-refractivity contribution >= 4 is 59.1 Å². The van der Waals surface area contributed by atoms with Gasteiger partial charge in [-0.25, -0.2) is 9.78 Å². The molecule has 24 heteroatoms. The molecule has 0 saturated carbocycles. The molecule has 0 bridgehead atoms. The third-order valence-electron chi connectivity index (χ3n) is 9.69. The maximum absolute atomic E-state index is 13.5. The lowest BCUT2D eigenvalue weighted by Gasteiger charge is -2.28. The number of nitrogens with two attached hydrogens (primary N) is 3. The molecule has 3 rings (SSSR count). The fraction of sp³-hybridized carbons (Fsp3) is 0.629. The van der Waals surface area contributed by atoms with Crippen LogP contribution < -0.4 is 49.1 Å². The van der Waals surface area contributed by atoms with E-state index in [1.807, 2.05) is 0 Å². The topological polar surface area (TPSA) is 376 Å². The number of aromatic nitrogens is 2. The molecule has 0 unspecified atom stereocenters. The van der Waals surface area contributed by atoms with Crippen LogP contribution in [0.1, 0.15) is 63.5 Å². The predicted molar refractivity (Wildman–Crippen MR) is 205 cm³/mol. The van der Waals surface area contributed by atoms with Gasteiger partial charge in [0.1, 0.15) is 30.2 Å². The second-order valence-corrected chi connectivity index (χ2v) is 14.1. The van der Waals surface area contributed by atoms with E-state index in [-0.39, 0.29) is 51.7 Å². The predicted octanol–water partition coefficient (Wildman–Crippen LogP) is -5.83. The number of carbonyl (C=O) groups excluding carboxylic acids is 9. The first kappa shape index (κ1) is 47.2. The number of carbonyl (C=O) groups is 10. The standard InChI is InChI=1S/C35H55N13O11/c36-10-2-1-5-22(35(58)59)44-29(52)17-41-31(54)21(8-9-26(38)49)46-33(56)25-7-3-11-47(25)30(53)18-40-28(51)16-42-32(55)24-6-4-12-48(24)34(57)23(45-27(50)14-37)13-20-15-39-19-43-20/h15,19,21-25H,1-14,16-18,36-37H2,(H2,38,49)(H,39,43)(H,40,51)(H,41,54)(H,42,55)(H,44,52)(H,45,50)(H,46,56)(H,58,59)/t21-,22-,23-,24-,25-/m0/s1. The SMILES string of the molecule is NCCCC[C@H](NC(=O)CNC(=O)[C@H](CCC(N)=O)NC(=O)[C@@H]1CCCN1C(=O)CNC(=O)CNC(=O)[C@@H]1CCCN1C(=O)[C@H](Cc1cnc[nH]1)NC(=O)CN)C(=O)O. The molecule has 2 saturated heterocycles. The van der Waals surface area contributed by atoms with Gasteiger partial charge < -0.3 is 69.0 Å². The second kappa shape index (κ2) is 23.9. The molecule has 2 fully saturated rings. The number of rotatable bonds is 24. The Morgan fingerprint density at radius 2 is 1.42 bits per heavy atom. The van der Waals surface area contributed by atoms with Crippen molar-refractivity contribution in [3.05, 3.63) is 18.2 Å². The average Bonchev–Trinajstić information content (AvgIpc) is 4.02. The largest absolute Gasteiger partial charge is 0.480 e. The maximum atomic E-state index is 13.5. The number of primary amides is 1. The Kier molecular flexibility index (Phi) is 19.1. The Hall–Kier alpha value is -6.17. The lowest BCUT2D eigenvalue weighted by molar-refractivity contribution is -0.142. The first-order chi connectivity index (χ1) is 28.1. The smallest absolute Gasteiger partial charge is 0.326 e. The molecule has 59 heavy (non-hydrogen) atoms. The van der Waals surface area contributed by atoms with Crippen LogP contribution in [0.25, 0.3) is 0 Å². The highest BCUT2D eigenvalue weighted by atomic mass is 16.4. The summed E-state index contributed by atoms with van der Waals surface area (Å²) in [6.45, 7) is -1.31. The van der Waals surface area contributed by atoms with Crippen LogP contribution in [-0.4, -0.2) is 160 Å². The number of imidazole rings is 1. The van der Waals surface area contributed by atoms with Gasteiger partial charge in [0.2, 0.25) is 53.2 Å². The lowest BCUT2D eigenvalue weighted by atomic mass is 10.1. The van der Waals surface area contributed by atoms with Crippen molar-refractivity contribution in [2.75, 3.05) is 45.8 Å². The minimum atomic E-state index is -1.35. The van der Waals surface area contributed by atoms with Crippen molar-refractivity contribution in [3.8, 4) is 0 Å². The van der Waals surface area contributed by atoms with E-state index in [9.17, 15) is 53.1 Å². The second-order valence-electron chi connectivity index (χ2n) is 14.1. The van der Waals surface area contributed by atoms with Gasteiger partial charge in [0.05, 0.1) is 32.5 Å². The van der Waals surface area contributed by atoms with E-state index in [1.54, 1.807) is 0 Å². The van der Waals surface area contributed by atoms with E-state index in [4.69, 9.17) is 17.2 Å². The van der Waals surface area contributed by atoms with Gasteiger partial charge in [0, 0.05) is 37.8 Å². The molecular formula is C35H55N13O11. The number of unbranched alkanes of at least 4 members (excludes halogenated alkanes) is 1. The summed E-state index contributed by atoms with van der Waals surface area (Å²) in [7, 11) is 0. The number of hydrogen-bond acceptors (Lipinski definition) is 13. The van der Waals surface area contributed by atoms with Crippen LogP contribution in [0.3, 0.4) is 0 Å². The van der Waals surface area contributed by atoms with Crippen LogP contribution >= 0.6 is 0 Å². The highest BCUT2D eigenvalue weighted by Gasteiger charge is 2.39. The average molecular weight is 834 g/mol. The molecule has 0 aromatic carbocycles. The fourth-order valence-corrected chi connectivity index (χ4v) is 6.64. The number of hydrogen-bond donors (Lipinski definition) is 11. The summed E-state index contributed by atoms with van der Waals surface area (Å²) in [5.41, 5.74) is 16.7. The van der Waals surface area contributed by atoms with E-state index in [2.05, 4.69) is 41.9 Å². The number of carboxylic acid groups (broad SMARTS) is 1. The molecule has 0 aliphatic carbocycles. The summed E-state index contributed by atoms with van der Waals surface area (Å²) >= 11 is 0. The Labute approximate surface area is 339 Å². The summed E-state index contributed by atoms with van der Waals surface area (Å²) in [5, 5.41) is 24.0. The number of likely N-dealkylation sites (tertiary alicyclic amines) is 2. The van der Waals surface area contributed by atoms with Gasteiger partial charge in [0.25, 0.3) is 0 Å². The molecule has 2 aliphatic heterocycles. The molecule has 0 radical (unpaired) electrons. The Bertz CT molecular complexity index is 1680. The molecule has 3 heterocycles. The van der Waals surface area contributed by atoms with Crippen molar-refractivity contribution in [2.24, 2.45) is 17.2 Å². The van der Waals surface area contributed by atoms with E-state index >= 15 is 0 Å². The van der Waals surface area contributed by atoms with Crippen LogP contribution in [0.5, 0.6) is 0 Å². The number of aromatic amines is 1. The number of nitrogens with zero attached hydrogens (tertiary/aromatic N) is 3. The van der Waals surface area contributed by atoms with Crippen LogP contribution in [0.15, 0.2) is 12.5 Å². The van der Waals surface area contributed by atoms with Gasteiger partial charge in [-0.05, 0) is 57.9 Å². The van der Waals surface area contributed by atoms with Crippen molar-refractivity contribution in [3.63, 3.8) is 0 Å². The number of H-pyrrole nitrogens is 1. The zero-order valence-electron chi connectivity index (χ0n) is 32.7. The Morgan fingerprint density at radius 3 is 2.05 bits per heavy atom. The van der Waals surface area contributed by atoms with Gasteiger partial charge >= 0.3 is 5.97 Å². The van der Waals surface area contributed by atoms with E-state index in [1.165, 1.54) is 22.3 Å². The fourth-order valence-electron chi connectivity index (χ4n) is 6.64. The van der Waals surface area contributed by atoms with Crippen LogP contribution in [0, 0.1) is 0 Å². The molecule has 1 aromatic heterocycles. The number of amides is 9. The van der Waals surface area contributed by atoms with Gasteiger partial charge in [-0.1, -0.05) is 0 Å². The molecule has 1 aromatic rings. The molecule has 2 aliphatic rings. The van der Waals surface area contributed by atoms with Crippen LogP contribution in [-0.2, 0) is 54.4 Å².